The third-order valence-corrected chi connectivity index (χ3v) is 5.84. The Morgan fingerprint density at radius 1 is 1.24 bits per heavy atom. The molecule has 1 saturated heterocycles. The fourth-order valence-corrected chi connectivity index (χ4v) is 4.28. The van der Waals surface area contributed by atoms with E-state index in [0.717, 1.165) is 44.5 Å². The van der Waals surface area contributed by atoms with Crippen molar-refractivity contribution in [3.8, 4) is 6.01 Å². The van der Waals surface area contributed by atoms with Crippen LogP contribution in [0.3, 0.4) is 0 Å². The second-order valence-electron chi connectivity index (χ2n) is 8.35. The van der Waals surface area contributed by atoms with Crippen LogP contribution in [0, 0.1) is 5.92 Å². The predicted octanol–water partition coefficient (Wildman–Crippen LogP) is 3.97. The molecule has 2 aromatic heterocycles. The molecule has 0 aromatic carbocycles. The van der Waals surface area contributed by atoms with E-state index >= 15 is 0 Å². The van der Waals surface area contributed by atoms with Gasteiger partial charge in [0.2, 0.25) is 5.71 Å². The van der Waals surface area contributed by atoms with Crippen LogP contribution in [0.2, 0.25) is 0 Å². The molecule has 0 unspecified atom stereocenters. The van der Waals surface area contributed by atoms with Gasteiger partial charge in [0.15, 0.2) is 5.88 Å². The second kappa shape index (κ2) is 11.7. The van der Waals surface area contributed by atoms with E-state index in [0.29, 0.717) is 48.6 Å². The standard InChI is InChI=1S/C24H34N4O5/c1-5-8-17(9-6-2)14-18-15-20(29)32-23-21(18)22(30)25-24(26-23)33-27-19-10-12-28(13-11-19)16(4)31-7-3/h15,17H,4-14H2,1-3H3,(H,25,26,30). The number of piperidine rings is 1. The van der Waals surface area contributed by atoms with Gasteiger partial charge in [-0.15, -0.1) is 0 Å². The summed E-state index contributed by atoms with van der Waals surface area (Å²) in [5.41, 5.74) is 0.563. The first-order valence-corrected chi connectivity index (χ1v) is 11.8. The van der Waals surface area contributed by atoms with Gasteiger partial charge in [-0.05, 0) is 31.4 Å². The third-order valence-electron chi connectivity index (χ3n) is 5.84. The summed E-state index contributed by atoms with van der Waals surface area (Å²) in [5, 5.41) is 4.45. The van der Waals surface area contributed by atoms with E-state index in [-0.39, 0.29) is 11.7 Å². The number of H-pyrrole nitrogens is 1. The van der Waals surface area contributed by atoms with Gasteiger partial charge < -0.3 is 18.9 Å². The minimum atomic E-state index is -0.526. The molecule has 1 fully saturated rings. The Morgan fingerprint density at radius 3 is 2.58 bits per heavy atom. The summed E-state index contributed by atoms with van der Waals surface area (Å²) >= 11 is 0. The van der Waals surface area contributed by atoms with Crippen LogP contribution in [0.5, 0.6) is 6.01 Å². The number of fused-ring (bicyclic) bond motifs is 1. The van der Waals surface area contributed by atoms with Crippen molar-refractivity contribution < 1.29 is 14.0 Å². The Hall–Kier alpha value is -3.10. The minimum absolute atomic E-state index is 0.0222. The summed E-state index contributed by atoms with van der Waals surface area (Å²) in [7, 11) is 0. The summed E-state index contributed by atoms with van der Waals surface area (Å²) in [6.45, 7) is 12.1. The fourth-order valence-electron chi connectivity index (χ4n) is 4.28. The Bertz CT molecular complexity index is 1090. The van der Waals surface area contributed by atoms with Crippen molar-refractivity contribution in [2.24, 2.45) is 11.1 Å². The SMILES string of the molecule is C=C(OCC)N1CCC(=NOc2nc3oc(=O)cc(CC(CCC)CCC)c3c(=O)[nH]2)CC1. The summed E-state index contributed by atoms with van der Waals surface area (Å²) in [6.07, 6.45) is 6.17. The van der Waals surface area contributed by atoms with E-state index < -0.39 is 11.2 Å². The molecule has 9 nitrogen and oxygen atoms in total. The van der Waals surface area contributed by atoms with Crippen molar-refractivity contribution >= 4 is 16.8 Å². The second-order valence-corrected chi connectivity index (χ2v) is 8.35. The molecule has 0 spiro atoms. The molecule has 9 heteroatoms. The molecule has 2 aromatic rings. The van der Waals surface area contributed by atoms with Gasteiger partial charge >= 0.3 is 11.6 Å². The smallest absolute Gasteiger partial charge is 0.337 e. The molecule has 0 aliphatic carbocycles. The monoisotopic (exact) mass is 458 g/mol. The summed E-state index contributed by atoms with van der Waals surface area (Å²) < 4.78 is 10.7. The molecule has 0 radical (unpaired) electrons. The average Bonchev–Trinajstić information content (AvgIpc) is 2.78. The highest BCUT2D eigenvalue weighted by Crippen LogP contribution is 2.22. The average molecular weight is 459 g/mol. The summed E-state index contributed by atoms with van der Waals surface area (Å²) in [5.74, 6) is 1.06. The van der Waals surface area contributed by atoms with Gasteiger partial charge in [0.1, 0.15) is 5.39 Å². The number of ether oxygens (including phenoxy) is 1. The number of hydrogen-bond acceptors (Lipinski definition) is 8. The lowest BCUT2D eigenvalue weighted by Crippen LogP contribution is -2.34. The Morgan fingerprint density at radius 2 is 1.94 bits per heavy atom. The lowest BCUT2D eigenvalue weighted by atomic mass is 9.90. The molecule has 1 aliphatic rings. The van der Waals surface area contributed by atoms with Crippen LogP contribution >= 0.6 is 0 Å². The number of hydrogen-bond donors (Lipinski definition) is 1. The molecule has 33 heavy (non-hydrogen) atoms. The number of oxime groups is 1. The number of aromatic amines is 1. The zero-order chi connectivity index (χ0) is 23.8. The Kier molecular flexibility index (Phi) is 8.68. The van der Waals surface area contributed by atoms with Gasteiger partial charge in [0.05, 0.1) is 12.3 Å². The van der Waals surface area contributed by atoms with E-state index in [4.69, 9.17) is 14.0 Å². The normalized spacial score (nSPS) is 14.1. The van der Waals surface area contributed by atoms with E-state index in [1.54, 1.807) is 0 Å². The zero-order valence-electron chi connectivity index (χ0n) is 19.8. The van der Waals surface area contributed by atoms with Crippen LogP contribution in [0.1, 0.15) is 64.9 Å². The van der Waals surface area contributed by atoms with Gasteiger partial charge in [0.25, 0.3) is 5.56 Å². The Labute approximate surface area is 193 Å². The maximum atomic E-state index is 12.8. The number of likely N-dealkylation sites (tertiary alicyclic amines) is 1. The highest BCUT2D eigenvalue weighted by atomic mass is 16.6. The van der Waals surface area contributed by atoms with Gasteiger partial charge in [-0.2, -0.15) is 4.98 Å². The topological polar surface area (TPSA) is 110 Å². The maximum absolute atomic E-state index is 12.8. The molecular weight excluding hydrogens is 424 g/mol. The van der Waals surface area contributed by atoms with Crippen molar-refractivity contribution in [3.05, 3.63) is 44.9 Å². The number of rotatable bonds is 11. The van der Waals surface area contributed by atoms with Gasteiger partial charge in [0, 0.05) is 32.0 Å². The van der Waals surface area contributed by atoms with Crippen LogP contribution in [0.15, 0.2) is 37.7 Å². The Balaban J connectivity index is 1.77. The van der Waals surface area contributed by atoms with Crippen LogP contribution in [0.4, 0.5) is 0 Å². The molecule has 0 amide bonds. The summed E-state index contributed by atoms with van der Waals surface area (Å²) in [4.78, 5) is 39.3. The summed E-state index contributed by atoms with van der Waals surface area (Å²) in [6, 6.07) is 1.31. The van der Waals surface area contributed by atoms with Crippen molar-refractivity contribution in [2.45, 2.75) is 65.7 Å². The highest BCUT2D eigenvalue weighted by molar-refractivity contribution is 5.85. The molecule has 3 heterocycles. The first kappa shape index (κ1) is 24.5. The molecule has 3 rings (SSSR count). The first-order chi connectivity index (χ1) is 15.9. The van der Waals surface area contributed by atoms with E-state index in [1.807, 2.05) is 6.92 Å². The van der Waals surface area contributed by atoms with Crippen molar-refractivity contribution in [2.75, 3.05) is 19.7 Å². The molecule has 0 atom stereocenters. The lowest BCUT2D eigenvalue weighted by Gasteiger charge is -2.29. The molecule has 1 aliphatic heterocycles. The van der Waals surface area contributed by atoms with Crippen LogP contribution in [-0.2, 0) is 11.2 Å². The third kappa shape index (κ3) is 6.46. The largest absolute Gasteiger partial charge is 0.480 e. The van der Waals surface area contributed by atoms with E-state index in [1.165, 1.54) is 6.07 Å². The van der Waals surface area contributed by atoms with Crippen LogP contribution in [-0.4, -0.2) is 40.3 Å². The van der Waals surface area contributed by atoms with Crippen molar-refractivity contribution in [3.63, 3.8) is 0 Å². The van der Waals surface area contributed by atoms with Crippen LogP contribution < -0.4 is 16.0 Å². The zero-order valence-corrected chi connectivity index (χ0v) is 19.8. The lowest BCUT2D eigenvalue weighted by molar-refractivity contribution is 0.121. The van der Waals surface area contributed by atoms with Crippen LogP contribution in [0.25, 0.3) is 11.1 Å². The number of nitrogens with zero attached hydrogens (tertiary/aromatic N) is 3. The van der Waals surface area contributed by atoms with Gasteiger partial charge in [-0.25, -0.2) is 4.79 Å². The minimum Gasteiger partial charge on any atom is -0.480 e. The van der Waals surface area contributed by atoms with E-state index in [2.05, 4.69) is 40.4 Å². The molecule has 1 N–H and O–H groups in total. The predicted molar refractivity (Wildman–Crippen MR) is 128 cm³/mol. The van der Waals surface area contributed by atoms with E-state index in [9.17, 15) is 9.59 Å². The molecule has 0 bridgehead atoms. The number of nitrogens with one attached hydrogen (secondary N) is 1. The first-order valence-electron chi connectivity index (χ1n) is 11.8. The van der Waals surface area contributed by atoms with Crippen molar-refractivity contribution in [1.82, 2.24) is 14.9 Å². The maximum Gasteiger partial charge on any atom is 0.337 e. The van der Waals surface area contributed by atoms with Crippen molar-refractivity contribution in [1.29, 1.82) is 0 Å². The number of aromatic nitrogens is 2. The molecule has 180 valence electrons. The van der Waals surface area contributed by atoms with Gasteiger partial charge in [-0.3, -0.25) is 9.78 Å². The molecular formula is C24H34N4O5. The quantitative estimate of drug-likeness (QED) is 0.401. The molecule has 0 saturated carbocycles. The fraction of sp³-hybridized carbons (Fsp3) is 0.583. The highest BCUT2D eigenvalue weighted by Gasteiger charge is 2.19. The van der Waals surface area contributed by atoms with Gasteiger partial charge in [-0.1, -0.05) is 44.7 Å².